The van der Waals surface area contributed by atoms with Gasteiger partial charge in [-0.15, -0.1) is 0 Å². The molecule has 0 aliphatic rings. The number of nitrogens with zero attached hydrogens (tertiary/aromatic N) is 2. The fraction of sp³-hybridized carbons (Fsp3) is 0.273. The maximum absolute atomic E-state index is 13.3. The molecular weight excluding hydrogens is 223 g/mol. The Morgan fingerprint density at radius 2 is 2.35 bits per heavy atom. The van der Waals surface area contributed by atoms with Gasteiger partial charge in [0.25, 0.3) is 0 Å². The molecule has 2 heterocycles. The van der Waals surface area contributed by atoms with E-state index < -0.39 is 5.82 Å². The molecule has 0 bridgehead atoms. The normalized spacial score (nSPS) is 10.2. The standard InChI is InChI=1S/C11H13FN4O/c1-13-11-15-7-9(12)10(16-11)14-5-4-8-3-2-6-17-8/h2-3,6-7H,4-5H2,1H3,(H2,13,14,15,16). The number of hydrogen-bond acceptors (Lipinski definition) is 5. The maximum Gasteiger partial charge on any atom is 0.224 e. The third-order valence-corrected chi connectivity index (χ3v) is 2.21. The molecule has 0 saturated heterocycles. The molecule has 0 aromatic carbocycles. The lowest BCUT2D eigenvalue weighted by molar-refractivity contribution is 0.512. The zero-order valence-electron chi connectivity index (χ0n) is 9.40. The summed E-state index contributed by atoms with van der Waals surface area (Å²) < 4.78 is 18.5. The topological polar surface area (TPSA) is 63.0 Å². The first-order chi connectivity index (χ1) is 8.29. The number of anilines is 2. The van der Waals surface area contributed by atoms with Gasteiger partial charge in [-0.25, -0.2) is 9.37 Å². The molecule has 0 aliphatic carbocycles. The van der Waals surface area contributed by atoms with Gasteiger partial charge < -0.3 is 15.1 Å². The summed E-state index contributed by atoms with van der Waals surface area (Å²) >= 11 is 0. The minimum Gasteiger partial charge on any atom is -0.469 e. The van der Waals surface area contributed by atoms with E-state index in [2.05, 4.69) is 20.6 Å². The molecule has 0 aliphatic heterocycles. The van der Waals surface area contributed by atoms with Gasteiger partial charge in [0.05, 0.1) is 12.5 Å². The van der Waals surface area contributed by atoms with Gasteiger partial charge in [-0.2, -0.15) is 4.98 Å². The largest absolute Gasteiger partial charge is 0.469 e. The average Bonchev–Trinajstić information content (AvgIpc) is 2.84. The van der Waals surface area contributed by atoms with Crippen molar-refractivity contribution in [3.8, 4) is 0 Å². The second-order valence-corrected chi connectivity index (χ2v) is 3.40. The molecule has 2 N–H and O–H groups in total. The monoisotopic (exact) mass is 236 g/mol. The van der Waals surface area contributed by atoms with Crippen molar-refractivity contribution in [2.75, 3.05) is 24.2 Å². The van der Waals surface area contributed by atoms with Crippen molar-refractivity contribution in [1.82, 2.24) is 9.97 Å². The van der Waals surface area contributed by atoms with E-state index in [9.17, 15) is 4.39 Å². The summed E-state index contributed by atoms with van der Waals surface area (Å²) in [5.41, 5.74) is 0. The lowest BCUT2D eigenvalue weighted by atomic mass is 10.3. The van der Waals surface area contributed by atoms with Gasteiger partial charge in [0.15, 0.2) is 11.6 Å². The second-order valence-electron chi connectivity index (χ2n) is 3.40. The minimum absolute atomic E-state index is 0.191. The van der Waals surface area contributed by atoms with Crippen molar-refractivity contribution in [2.24, 2.45) is 0 Å². The Bertz CT molecular complexity index is 472. The van der Waals surface area contributed by atoms with E-state index in [0.717, 1.165) is 12.0 Å². The Hall–Kier alpha value is -2.11. The summed E-state index contributed by atoms with van der Waals surface area (Å²) in [6.07, 6.45) is 3.42. The van der Waals surface area contributed by atoms with Gasteiger partial charge in [-0.05, 0) is 12.1 Å². The van der Waals surface area contributed by atoms with Crippen LogP contribution >= 0.6 is 0 Å². The van der Waals surface area contributed by atoms with Crippen LogP contribution in [-0.2, 0) is 6.42 Å². The van der Waals surface area contributed by atoms with Crippen LogP contribution < -0.4 is 10.6 Å². The fourth-order valence-corrected chi connectivity index (χ4v) is 1.37. The number of halogens is 1. The van der Waals surface area contributed by atoms with Crippen molar-refractivity contribution in [2.45, 2.75) is 6.42 Å². The molecule has 90 valence electrons. The van der Waals surface area contributed by atoms with Crippen molar-refractivity contribution in [3.63, 3.8) is 0 Å². The summed E-state index contributed by atoms with van der Waals surface area (Å²) in [6, 6.07) is 3.69. The SMILES string of the molecule is CNc1ncc(F)c(NCCc2ccco2)n1. The van der Waals surface area contributed by atoms with Crippen LogP contribution in [0, 0.1) is 5.82 Å². The first-order valence-corrected chi connectivity index (χ1v) is 5.26. The van der Waals surface area contributed by atoms with Gasteiger partial charge in [-0.1, -0.05) is 0 Å². The summed E-state index contributed by atoms with van der Waals surface area (Å²) in [5, 5.41) is 5.65. The molecule has 0 amide bonds. The van der Waals surface area contributed by atoms with Gasteiger partial charge in [0.1, 0.15) is 5.76 Å². The molecule has 0 atom stereocenters. The summed E-state index contributed by atoms with van der Waals surface area (Å²) in [7, 11) is 1.68. The molecule has 2 rings (SSSR count). The molecule has 2 aromatic heterocycles. The van der Waals surface area contributed by atoms with Crippen LogP contribution in [0.25, 0.3) is 0 Å². The first kappa shape index (κ1) is 11.4. The number of furan rings is 1. The van der Waals surface area contributed by atoms with Gasteiger partial charge in [0.2, 0.25) is 5.95 Å². The van der Waals surface area contributed by atoms with E-state index in [-0.39, 0.29) is 5.82 Å². The Balaban J connectivity index is 1.94. The van der Waals surface area contributed by atoms with Gasteiger partial charge >= 0.3 is 0 Å². The number of rotatable bonds is 5. The van der Waals surface area contributed by atoms with Crippen LogP contribution in [0.3, 0.4) is 0 Å². The van der Waals surface area contributed by atoms with E-state index in [1.165, 1.54) is 0 Å². The van der Waals surface area contributed by atoms with Crippen LogP contribution in [0.5, 0.6) is 0 Å². The Morgan fingerprint density at radius 3 is 3.06 bits per heavy atom. The van der Waals surface area contributed by atoms with E-state index >= 15 is 0 Å². The molecule has 2 aromatic rings. The molecule has 0 fully saturated rings. The summed E-state index contributed by atoms with van der Waals surface area (Å²) in [5.74, 6) is 0.951. The Labute approximate surface area is 98.1 Å². The smallest absolute Gasteiger partial charge is 0.224 e. The highest BCUT2D eigenvalue weighted by Gasteiger charge is 2.05. The fourth-order valence-electron chi connectivity index (χ4n) is 1.37. The molecule has 0 unspecified atom stereocenters. The van der Waals surface area contributed by atoms with Crippen LogP contribution in [0.2, 0.25) is 0 Å². The third kappa shape index (κ3) is 2.93. The predicted octanol–water partition coefficient (Wildman–Crippen LogP) is 1.90. The van der Waals surface area contributed by atoms with Gasteiger partial charge in [-0.3, -0.25) is 0 Å². The first-order valence-electron chi connectivity index (χ1n) is 5.26. The van der Waals surface area contributed by atoms with Gasteiger partial charge in [0, 0.05) is 20.0 Å². The number of hydrogen-bond donors (Lipinski definition) is 2. The molecule has 6 heteroatoms. The van der Waals surface area contributed by atoms with Crippen LogP contribution in [0.1, 0.15) is 5.76 Å². The Kier molecular flexibility index (Phi) is 3.54. The van der Waals surface area contributed by atoms with Crippen LogP contribution in [-0.4, -0.2) is 23.6 Å². The summed E-state index contributed by atoms with van der Waals surface area (Å²) in [4.78, 5) is 7.73. The molecule has 0 saturated carbocycles. The minimum atomic E-state index is -0.469. The van der Waals surface area contributed by atoms with Crippen LogP contribution in [0.15, 0.2) is 29.0 Å². The van der Waals surface area contributed by atoms with Crippen molar-refractivity contribution >= 4 is 11.8 Å². The highest BCUT2D eigenvalue weighted by Crippen LogP contribution is 2.11. The van der Waals surface area contributed by atoms with E-state index in [4.69, 9.17) is 4.42 Å². The Morgan fingerprint density at radius 1 is 1.47 bits per heavy atom. The van der Waals surface area contributed by atoms with Crippen molar-refractivity contribution < 1.29 is 8.81 Å². The highest BCUT2D eigenvalue weighted by atomic mass is 19.1. The number of aromatic nitrogens is 2. The molecular formula is C11H13FN4O. The zero-order valence-corrected chi connectivity index (χ0v) is 9.40. The molecule has 17 heavy (non-hydrogen) atoms. The molecule has 0 radical (unpaired) electrons. The molecule has 0 spiro atoms. The average molecular weight is 236 g/mol. The van der Waals surface area contributed by atoms with E-state index in [1.807, 2.05) is 12.1 Å². The van der Waals surface area contributed by atoms with E-state index in [0.29, 0.717) is 18.9 Å². The van der Waals surface area contributed by atoms with Crippen molar-refractivity contribution in [3.05, 3.63) is 36.2 Å². The lowest BCUT2D eigenvalue weighted by Crippen LogP contribution is -2.09. The van der Waals surface area contributed by atoms with Crippen molar-refractivity contribution in [1.29, 1.82) is 0 Å². The van der Waals surface area contributed by atoms with E-state index in [1.54, 1.807) is 13.3 Å². The molecule has 5 nitrogen and oxygen atoms in total. The quantitative estimate of drug-likeness (QED) is 0.830. The number of nitrogens with one attached hydrogen (secondary N) is 2. The maximum atomic E-state index is 13.3. The summed E-state index contributed by atoms with van der Waals surface area (Å²) in [6.45, 7) is 0.546. The lowest BCUT2D eigenvalue weighted by Gasteiger charge is -2.06. The predicted molar refractivity (Wildman–Crippen MR) is 62.4 cm³/mol. The van der Waals surface area contributed by atoms with Crippen LogP contribution in [0.4, 0.5) is 16.2 Å². The zero-order chi connectivity index (χ0) is 12.1. The third-order valence-electron chi connectivity index (χ3n) is 2.21. The highest BCUT2D eigenvalue weighted by molar-refractivity contribution is 5.40. The second kappa shape index (κ2) is 5.29.